The number of aromatic hydroxyl groups is 1. The summed E-state index contributed by atoms with van der Waals surface area (Å²) in [4.78, 5) is 16.5. The van der Waals surface area contributed by atoms with Gasteiger partial charge in [0.2, 0.25) is 5.88 Å². The molecule has 0 aliphatic heterocycles. The summed E-state index contributed by atoms with van der Waals surface area (Å²) >= 11 is 0. The van der Waals surface area contributed by atoms with Gasteiger partial charge in [-0.15, -0.1) is 0 Å². The second-order valence-electron chi connectivity index (χ2n) is 4.08. The van der Waals surface area contributed by atoms with Crippen LogP contribution in [0.2, 0.25) is 0 Å². The fraction of sp³-hybridized carbons (Fsp3) is 0. The van der Waals surface area contributed by atoms with Gasteiger partial charge in [-0.05, 0) is 24.3 Å². The van der Waals surface area contributed by atoms with Crippen molar-refractivity contribution in [3.63, 3.8) is 0 Å². The van der Waals surface area contributed by atoms with Crippen LogP contribution < -0.4 is 5.56 Å². The Morgan fingerprint density at radius 1 is 1.05 bits per heavy atom. The fourth-order valence-corrected chi connectivity index (χ4v) is 2.99. The van der Waals surface area contributed by atoms with Crippen molar-refractivity contribution in [2.75, 3.05) is 0 Å². The molecule has 0 fully saturated rings. The minimum atomic E-state index is -1.77. The largest absolute Gasteiger partial charge is 0.492 e. The monoisotopic (exact) mass is 286 g/mol. The summed E-state index contributed by atoms with van der Waals surface area (Å²) in [5, 5.41) is 9.90. The van der Waals surface area contributed by atoms with Gasteiger partial charge in [0, 0.05) is 11.1 Å². The second kappa shape index (κ2) is 4.90. The molecule has 3 aromatic rings. The first kappa shape index (κ1) is 12.6. The highest BCUT2D eigenvalue weighted by Gasteiger charge is 2.19. The van der Waals surface area contributed by atoms with Crippen molar-refractivity contribution in [2.24, 2.45) is 0 Å². The number of pyridine rings is 1. The van der Waals surface area contributed by atoms with Gasteiger partial charge in [-0.3, -0.25) is 9.20 Å². The Balaban J connectivity index is 2.27. The molecule has 0 aliphatic carbocycles. The van der Waals surface area contributed by atoms with Crippen molar-refractivity contribution in [1.82, 2.24) is 9.38 Å². The van der Waals surface area contributed by atoms with E-state index in [4.69, 9.17) is 0 Å². The summed E-state index contributed by atoms with van der Waals surface area (Å²) in [6.07, 6.45) is 1.52. The fourth-order valence-electron chi connectivity index (χ4n) is 1.89. The molecule has 0 spiro atoms. The van der Waals surface area contributed by atoms with Crippen LogP contribution in [0.1, 0.15) is 0 Å². The van der Waals surface area contributed by atoms with Crippen molar-refractivity contribution in [2.45, 2.75) is 9.79 Å². The maximum atomic E-state index is 12.4. The van der Waals surface area contributed by atoms with Crippen molar-refractivity contribution >= 4 is 16.4 Å². The van der Waals surface area contributed by atoms with Crippen LogP contribution in [0.5, 0.6) is 5.88 Å². The average molecular weight is 286 g/mol. The van der Waals surface area contributed by atoms with E-state index in [2.05, 4.69) is 4.98 Å². The van der Waals surface area contributed by atoms with E-state index in [1.165, 1.54) is 10.6 Å². The van der Waals surface area contributed by atoms with Gasteiger partial charge in [0.1, 0.15) is 5.65 Å². The van der Waals surface area contributed by atoms with E-state index in [0.29, 0.717) is 10.5 Å². The summed E-state index contributed by atoms with van der Waals surface area (Å²) in [5.41, 5.74) is -0.223. The molecule has 1 unspecified atom stereocenters. The van der Waals surface area contributed by atoms with Crippen LogP contribution in [0.15, 0.2) is 69.3 Å². The highest BCUT2D eigenvalue weighted by Crippen LogP contribution is 2.20. The van der Waals surface area contributed by atoms with E-state index in [9.17, 15) is 14.1 Å². The second-order valence-corrected chi connectivity index (χ2v) is 5.50. The van der Waals surface area contributed by atoms with E-state index in [1.807, 2.05) is 0 Å². The van der Waals surface area contributed by atoms with Crippen LogP contribution in [0, 0.1) is 0 Å². The summed E-state index contributed by atoms with van der Waals surface area (Å²) in [5.74, 6) is -0.497. The quantitative estimate of drug-likeness (QED) is 0.776. The molecule has 3 rings (SSSR count). The maximum Gasteiger partial charge on any atom is 0.278 e. The lowest BCUT2D eigenvalue weighted by molar-refractivity contribution is 0.436. The molecule has 6 heteroatoms. The lowest BCUT2D eigenvalue weighted by Gasteiger charge is -2.06. The molecular formula is C14H10N2O3S. The van der Waals surface area contributed by atoms with Crippen molar-refractivity contribution in [3.8, 4) is 5.88 Å². The van der Waals surface area contributed by atoms with Crippen LogP contribution in [0.3, 0.4) is 0 Å². The molecule has 1 N–H and O–H groups in total. The van der Waals surface area contributed by atoms with Gasteiger partial charge in [0.25, 0.3) is 5.56 Å². The number of aromatic nitrogens is 2. The van der Waals surface area contributed by atoms with Crippen LogP contribution in [-0.2, 0) is 10.8 Å². The SMILES string of the molecule is O=c1c(S(=O)c2ccccc2)c(O)nc2ccccn12. The zero-order valence-electron chi connectivity index (χ0n) is 10.3. The summed E-state index contributed by atoms with van der Waals surface area (Å²) in [6, 6.07) is 13.5. The first-order valence-corrected chi connectivity index (χ1v) is 7.00. The molecule has 2 heterocycles. The number of hydrogen-bond donors (Lipinski definition) is 1. The predicted molar refractivity (Wildman–Crippen MR) is 74.2 cm³/mol. The molecule has 1 aromatic carbocycles. The Kier molecular flexibility index (Phi) is 3.08. The molecule has 0 radical (unpaired) electrons. The van der Waals surface area contributed by atoms with Gasteiger partial charge in [-0.25, -0.2) is 4.21 Å². The molecule has 2 aromatic heterocycles. The number of hydrogen-bond acceptors (Lipinski definition) is 4. The Labute approximate surface area is 116 Å². The molecule has 0 saturated heterocycles. The molecule has 0 saturated carbocycles. The molecule has 0 bridgehead atoms. The van der Waals surface area contributed by atoms with Gasteiger partial charge in [-0.1, -0.05) is 24.3 Å². The van der Waals surface area contributed by atoms with Crippen LogP contribution in [0.25, 0.3) is 5.65 Å². The molecule has 1 atom stereocenters. The van der Waals surface area contributed by atoms with E-state index in [0.717, 1.165) is 0 Å². The Morgan fingerprint density at radius 2 is 1.75 bits per heavy atom. The van der Waals surface area contributed by atoms with E-state index in [1.54, 1.807) is 48.5 Å². The smallest absolute Gasteiger partial charge is 0.278 e. The minimum Gasteiger partial charge on any atom is -0.492 e. The maximum absolute atomic E-state index is 12.4. The van der Waals surface area contributed by atoms with Gasteiger partial charge in [0.15, 0.2) is 4.90 Å². The molecule has 100 valence electrons. The zero-order valence-corrected chi connectivity index (χ0v) is 11.1. The first-order valence-electron chi connectivity index (χ1n) is 5.85. The van der Waals surface area contributed by atoms with Gasteiger partial charge in [-0.2, -0.15) is 4.98 Å². The van der Waals surface area contributed by atoms with Crippen LogP contribution in [-0.4, -0.2) is 18.7 Å². The van der Waals surface area contributed by atoms with Crippen molar-refractivity contribution in [1.29, 1.82) is 0 Å². The average Bonchev–Trinajstić information content (AvgIpc) is 2.48. The molecule has 0 amide bonds. The lowest BCUT2D eigenvalue weighted by atomic mass is 10.4. The third kappa shape index (κ3) is 2.00. The van der Waals surface area contributed by atoms with Crippen LogP contribution >= 0.6 is 0 Å². The van der Waals surface area contributed by atoms with Crippen molar-refractivity contribution < 1.29 is 9.32 Å². The molecular weight excluding hydrogens is 276 g/mol. The van der Waals surface area contributed by atoms with Gasteiger partial charge >= 0.3 is 0 Å². The Hall–Kier alpha value is -2.47. The third-order valence-electron chi connectivity index (χ3n) is 2.82. The predicted octanol–water partition coefficient (Wildman–Crippen LogP) is 1.57. The molecule has 20 heavy (non-hydrogen) atoms. The van der Waals surface area contributed by atoms with Crippen LogP contribution in [0.4, 0.5) is 0 Å². The number of rotatable bonds is 2. The zero-order chi connectivity index (χ0) is 14.1. The van der Waals surface area contributed by atoms with Gasteiger partial charge in [0.05, 0.1) is 10.8 Å². The molecule has 5 nitrogen and oxygen atoms in total. The van der Waals surface area contributed by atoms with E-state index < -0.39 is 22.2 Å². The first-order chi connectivity index (χ1) is 9.68. The highest BCUT2D eigenvalue weighted by molar-refractivity contribution is 7.85. The van der Waals surface area contributed by atoms with E-state index >= 15 is 0 Å². The minimum absolute atomic E-state index is 0.208. The lowest BCUT2D eigenvalue weighted by Crippen LogP contribution is -2.20. The number of nitrogens with zero attached hydrogens (tertiary/aromatic N) is 2. The Morgan fingerprint density at radius 3 is 2.50 bits per heavy atom. The topological polar surface area (TPSA) is 71.7 Å². The normalized spacial score (nSPS) is 12.4. The van der Waals surface area contributed by atoms with E-state index in [-0.39, 0.29) is 4.90 Å². The third-order valence-corrected chi connectivity index (χ3v) is 4.25. The summed E-state index contributed by atoms with van der Waals surface area (Å²) in [7, 11) is -1.77. The highest BCUT2D eigenvalue weighted by atomic mass is 32.2. The molecule has 0 aliphatic rings. The van der Waals surface area contributed by atoms with Crippen molar-refractivity contribution in [3.05, 3.63) is 65.1 Å². The number of benzene rings is 1. The summed E-state index contributed by atoms with van der Waals surface area (Å²) < 4.78 is 13.7. The van der Waals surface area contributed by atoms with Gasteiger partial charge < -0.3 is 5.11 Å². The Bertz CT molecular complexity index is 859. The standard InChI is InChI=1S/C14H10N2O3S/c17-13-12(20(19)10-6-2-1-3-7-10)14(18)16-9-5-4-8-11(16)15-13/h1-9,17H. The summed E-state index contributed by atoms with van der Waals surface area (Å²) in [6.45, 7) is 0. The number of fused-ring (bicyclic) bond motifs is 1.